The van der Waals surface area contributed by atoms with Crippen LogP contribution in [0.25, 0.3) is 0 Å². The summed E-state index contributed by atoms with van der Waals surface area (Å²) < 4.78 is 5.61. The largest absolute Gasteiger partial charge is 0.461 e. The molecule has 112 valence electrons. The van der Waals surface area contributed by atoms with Gasteiger partial charge in [-0.3, -0.25) is 0 Å². The number of hydrogen-bond acceptors (Lipinski definition) is 6. The van der Waals surface area contributed by atoms with Crippen LogP contribution >= 0.6 is 0 Å². The van der Waals surface area contributed by atoms with Gasteiger partial charge < -0.3 is 15.0 Å². The summed E-state index contributed by atoms with van der Waals surface area (Å²) in [4.78, 5) is 15.4. The van der Waals surface area contributed by atoms with E-state index in [1.165, 1.54) is 6.42 Å². The fourth-order valence-electron chi connectivity index (χ4n) is 2.69. The highest BCUT2D eigenvalue weighted by atomic mass is 16.5. The van der Waals surface area contributed by atoms with E-state index in [9.17, 15) is 0 Å². The zero-order chi connectivity index (χ0) is 14.7. The third-order valence-corrected chi connectivity index (χ3v) is 3.32. The Bertz CT molecular complexity index is 441. The SMILES string of the molecule is CNc1nc(OC(C)C)nc(N2CC(C)CC(C)C2)n1. The molecule has 0 aromatic carbocycles. The molecule has 1 aromatic rings. The molecule has 2 heterocycles. The minimum atomic E-state index is 0.0501. The van der Waals surface area contributed by atoms with Crippen molar-refractivity contribution in [2.45, 2.75) is 40.2 Å². The smallest absolute Gasteiger partial charge is 0.323 e. The van der Waals surface area contributed by atoms with Gasteiger partial charge in [-0.15, -0.1) is 0 Å². The van der Waals surface area contributed by atoms with E-state index in [0.717, 1.165) is 13.1 Å². The Kier molecular flexibility index (Phi) is 4.62. The van der Waals surface area contributed by atoms with Crippen molar-refractivity contribution in [1.29, 1.82) is 0 Å². The lowest BCUT2D eigenvalue weighted by Gasteiger charge is -2.35. The zero-order valence-corrected chi connectivity index (χ0v) is 13.1. The van der Waals surface area contributed by atoms with E-state index in [4.69, 9.17) is 4.74 Å². The summed E-state index contributed by atoms with van der Waals surface area (Å²) in [7, 11) is 1.81. The molecule has 0 spiro atoms. The first-order valence-electron chi connectivity index (χ1n) is 7.33. The molecule has 1 aromatic heterocycles. The summed E-state index contributed by atoms with van der Waals surface area (Å²) in [6.07, 6.45) is 1.31. The predicted molar refractivity (Wildman–Crippen MR) is 80.3 cm³/mol. The normalized spacial score (nSPS) is 23.0. The number of aromatic nitrogens is 3. The van der Waals surface area contributed by atoms with Crippen molar-refractivity contribution in [3.05, 3.63) is 0 Å². The second-order valence-corrected chi connectivity index (χ2v) is 6.01. The summed E-state index contributed by atoms with van der Waals surface area (Å²) in [5.74, 6) is 2.57. The van der Waals surface area contributed by atoms with Crippen LogP contribution in [0.5, 0.6) is 6.01 Å². The number of ether oxygens (including phenoxy) is 1. The number of nitrogens with one attached hydrogen (secondary N) is 1. The van der Waals surface area contributed by atoms with Crippen molar-refractivity contribution in [3.8, 4) is 6.01 Å². The first-order valence-corrected chi connectivity index (χ1v) is 7.33. The summed E-state index contributed by atoms with van der Waals surface area (Å²) >= 11 is 0. The average Bonchev–Trinajstić information content (AvgIpc) is 2.36. The Morgan fingerprint density at radius 1 is 1.15 bits per heavy atom. The number of anilines is 2. The number of nitrogens with zero attached hydrogens (tertiary/aromatic N) is 4. The molecule has 1 aliphatic heterocycles. The minimum absolute atomic E-state index is 0.0501. The molecule has 2 unspecified atom stereocenters. The molecular formula is C14H25N5O. The van der Waals surface area contributed by atoms with Crippen LogP contribution in [0.2, 0.25) is 0 Å². The van der Waals surface area contributed by atoms with Crippen LogP contribution in [0, 0.1) is 11.8 Å². The van der Waals surface area contributed by atoms with Crippen LogP contribution in [-0.4, -0.2) is 41.2 Å². The van der Waals surface area contributed by atoms with Crippen LogP contribution in [0.15, 0.2) is 0 Å². The van der Waals surface area contributed by atoms with Crippen molar-refractivity contribution in [1.82, 2.24) is 15.0 Å². The monoisotopic (exact) mass is 279 g/mol. The lowest BCUT2D eigenvalue weighted by Crippen LogP contribution is -2.39. The van der Waals surface area contributed by atoms with Gasteiger partial charge >= 0.3 is 6.01 Å². The highest BCUT2D eigenvalue weighted by Crippen LogP contribution is 2.25. The molecule has 1 N–H and O–H groups in total. The molecule has 20 heavy (non-hydrogen) atoms. The van der Waals surface area contributed by atoms with E-state index in [1.54, 1.807) is 7.05 Å². The molecule has 0 saturated carbocycles. The maximum Gasteiger partial charge on any atom is 0.323 e. The third kappa shape index (κ3) is 3.71. The van der Waals surface area contributed by atoms with E-state index in [-0.39, 0.29) is 6.10 Å². The molecule has 2 atom stereocenters. The highest BCUT2D eigenvalue weighted by molar-refractivity contribution is 5.38. The van der Waals surface area contributed by atoms with Crippen LogP contribution in [-0.2, 0) is 0 Å². The van der Waals surface area contributed by atoms with Crippen molar-refractivity contribution in [2.75, 3.05) is 30.4 Å². The fraction of sp³-hybridized carbons (Fsp3) is 0.786. The second-order valence-electron chi connectivity index (χ2n) is 6.01. The first kappa shape index (κ1) is 14.8. The van der Waals surface area contributed by atoms with Crippen molar-refractivity contribution < 1.29 is 4.74 Å². The Hall–Kier alpha value is -1.59. The summed E-state index contributed by atoms with van der Waals surface area (Å²) in [6.45, 7) is 10.4. The fourth-order valence-corrected chi connectivity index (χ4v) is 2.69. The quantitative estimate of drug-likeness (QED) is 0.911. The Morgan fingerprint density at radius 2 is 1.80 bits per heavy atom. The second kappa shape index (κ2) is 6.24. The molecule has 0 radical (unpaired) electrons. The molecule has 1 saturated heterocycles. The van der Waals surface area contributed by atoms with Gasteiger partial charge in [0, 0.05) is 20.1 Å². The van der Waals surface area contributed by atoms with Crippen LogP contribution in [0.3, 0.4) is 0 Å². The Balaban J connectivity index is 2.25. The molecule has 0 aliphatic carbocycles. The molecule has 2 rings (SSSR count). The standard InChI is InChI=1S/C14H25N5O/c1-9(2)20-14-17-12(15-5)16-13(18-14)19-7-10(3)6-11(4)8-19/h9-11H,6-8H2,1-5H3,(H,15,16,17,18). The number of piperidine rings is 1. The summed E-state index contributed by atoms with van der Waals surface area (Å²) in [6, 6.07) is 0.389. The van der Waals surface area contributed by atoms with Gasteiger partial charge in [-0.1, -0.05) is 13.8 Å². The minimum Gasteiger partial charge on any atom is -0.461 e. The lowest BCUT2D eigenvalue weighted by molar-refractivity contribution is 0.221. The number of hydrogen-bond donors (Lipinski definition) is 1. The van der Waals surface area contributed by atoms with Crippen LogP contribution in [0.4, 0.5) is 11.9 Å². The summed E-state index contributed by atoms with van der Waals surface area (Å²) in [5.41, 5.74) is 0. The van der Waals surface area contributed by atoms with Crippen molar-refractivity contribution in [3.63, 3.8) is 0 Å². The summed E-state index contributed by atoms with van der Waals surface area (Å²) in [5, 5.41) is 2.97. The molecule has 6 nitrogen and oxygen atoms in total. The van der Waals surface area contributed by atoms with E-state index < -0.39 is 0 Å². The first-order chi connectivity index (χ1) is 9.47. The van der Waals surface area contributed by atoms with Gasteiger partial charge in [0.15, 0.2) is 0 Å². The maximum absolute atomic E-state index is 5.61. The average molecular weight is 279 g/mol. The zero-order valence-electron chi connectivity index (χ0n) is 13.1. The van der Waals surface area contributed by atoms with E-state index >= 15 is 0 Å². The van der Waals surface area contributed by atoms with E-state index in [0.29, 0.717) is 29.7 Å². The maximum atomic E-state index is 5.61. The van der Waals surface area contributed by atoms with Gasteiger partial charge in [-0.2, -0.15) is 15.0 Å². The third-order valence-electron chi connectivity index (χ3n) is 3.32. The van der Waals surface area contributed by atoms with Gasteiger partial charge in [0.1, 0.15) is 0 Å². The van der Waals surface area contributed by atoms with Crippen LogP contribution in [0.1, 0.15) is 34.1 Å². The van der Waals surface area contributed by atoms with E-state index in [1.807, 2.05) is 13.8 Å². The predicted octanol–water partition coefficient (Wildman–Crippen LogP) is 2.18. The Labute approximate surface area is 121 Å². The van der Waals surface area contributed by atoms with Gasteiger partial charge in [0.25, 0.3) is 0 Å². The molecule has 0 bridgehead atoms. The van der Waals surface area contributed by atoms with Gasteiger partial charge in [-0.25, -0.2) is 0 Å². The molecule has 1 fully saturated rings. The molecule has 0 amide bonds. The Morgan fingerprint density at radius 3 is 2.35 bits per heavy atom. The lowest BCUT2D eigenvalue weighted by atomic mass is 9.92. The van der Waals surface area contributed by atoms with Crippen molar-refractivity contribution in [2.24, 2.45) is 11.8 Å². The van der Waals surface area contributed by atoms with E-state index in [2.05, 4.69) is 39.0 Å². The molecular weight excluding hydrogens is 254 g/mol. The highest BCUT2D eigenvalue weighted by Gasteiger charge is 2.24. The molecule has 1 aliphatic rings. The number of rotatable bonds is 4. The van der Waals surface area contributed by atoms with Gasteiger partial charge in [0.2, 0.25) is 11.9 Å². The van der Waals surface area contributed by atoms with Gasteiger partial charge in [-0.05, 0) is 32.1 Å². The van der Waals surface area contributed by atoms with Crippen molar-refractivity contribution >= 4 is 11.9 Å². The van der Waals surface area contributed by atoms with Crippen LogP contribution < -0.4 is 15.0 Å². The molecule has 6 heteroatoms. The van der Waals surface area contributed by atoms with Gasteiger partial charge in [0.05, 0.1) is 6.10 Å². The topological polar surface area (TPSA) is 63.2 Å².